The quantitative estimate of drug-likeness (QED) is 0.800. The van der Waals surface area contributed by atoms with Gasteiger partial charge in [0.1, 0.15) is 5.69 Å². The first-order valence-electron chi connectivity index (χ1n) is 5.59. The Balaban J connectivity index is 1.81. The maximum atomic E-state index is 5.45. The first-order chi connectivity index (χ1) is 8.43. The molecule has 1 aromatic carbocycles. The summed E-state index contributed by atoms with van der Waals surface area (Å²) in [5.74, 6) is 0. The molecule has 0 bridgehead atoms. The average molecular weight is 231 g/mol. The predicted molar refractivity (Wildman–Crippen MR) is 60.2 cm³/mol. The van der Waals surface area contributed by atoms with Gasteiger partial charge in [0.05, 0.1) is 26.0 Å². The van der Waals surface area contributed by atoms with Gasteiger partial charge in [-0.1, -0.05) is 35.5 Å². The first kappa shape index (κ1) is 10.4. The van der Waals surface area contributed by atoms with Gasteiger partial charge in [-0.15, -0.1) is 5.10 Å². The number of ether oxygens (including phenoxy) is 2. The maximum absolute atomic E-state index is 5.45. The third-order valence-corrected chi connectivity index (χ3v) is 2.69. The monoisotopic (exact) mass is 231 g/mol. The van der Waals surface area contributed by atoms with E-state index in [9.17, 15) is 0 Å². The van der Waals surface area contributed by atoms with Gasteiger partial charge in [-0.3, -0.25) is 0 Å². The largest absolute Gasteiger partial charge is 0.345 e. The third kappa shape index (κ3) is 2.20. The van der Waals surface area contributed by atoms with Crippen LogP contribution in [0.15, 0.2) is 36.5 Å². The molecule has 5 heteroatoms. The van der Waals surface area contributed by atoms with E-state index in [1.54, 1.807) is 6.20 Å². The summed E-state index contributed by atoms with van der Waals surface area (Å²) in [6.07, 6.45) is 1.37. The van der Waals surface area contributed by atoms with E-state index in [-0.39, 0.29) is 6.29 Å². The smallest absolute Gasteiger partial charge is 0.202 e. The Hall–Kier alpha value is -1.72. The van der Waals surface area contributed by atoms with E-state index in [2.05, 4.69) is 22.4 Å². The van der Waals surface area contributed by atoms with Crippen LogP contribution in [-0.2, 0) is 16.0 Å². The molecule has 2 heterocycles. The molecule has 0 amide bonds. The second-order valence-electron chi connectivity index (χ2n) is 3.88. The van der Waals surface area contributed by atoms with Crippen molar-refractivity contribution in [3.63, 3.8) is 0 Å². The number of hydrogen-bond donors (Lipinski definition) is 0. The van der Waals surface area contributed by atoms with Crippen LogP contribution in [-0.4, -0.2) is 28.2 Å². The molecule has 0 spiro atoms. The van der Waals surface area contributed by atoms with Crippen LogP contribution < -0.4 is 0 Å². The van der Waals surface area contributed by atoms with Gasteiger partial charge >= 0.3 is 0 Å². The molecule has 1 aliphatic heterocycles. The van der Waals surface area contributed by atoms with Crippen molar-refractivity contribution in [2.24, 2.45) is 0 Å². The lowest BCUT2D eigenvalue weighted by atomic mass is 10.2. The standard InChI is InChI=1S/C12H13N3O2/c1-2-4-10(5-3-1)9-15-11(8-13-14-15)12-16-6-7-17-12/h1-5,8,12H,6-7,9H2. The summed E-state index contributed by atoms with van der Waals surface area (Å²) in [5.41, 5.74) is 2.05. The summed E-state index contributed by atoms with van der Waals surface area (Å²) < 4.78 is 12.7. The minimum Gasteiger partial charge on any atom is -0.345 e. The highest BCUT2D eigenvalue weighted by Crippen LogP contribution is 2.22. The fraction of sp³-hybridized carbons (Fsp3) is 0.333. The van der Waals surface area contributed by atoms with Crippen molar-refractivity contribution in [1.29, 1.82) is 0 Å². The van der Waals surface area contributed by atoms with Crippen molar-refractivity contribution >= 4 is 0 Å². The van der Waals surface area contributed by atoms with Crippen LogP contribution in [0.25, 0.3) is 0 Å². The van der Waals surface area contributed by atoms with Gasteiger partial charge in [-0.25, -0.2) is 4.68 Å². The average Bonchev–Trinajstić information content (AvgIpc) is 3.00. The highest BCUT2D eigenvalue weighted by atomic mass is 16.7. The van der Waals surface area contributed by atoms with Gasteiger partial charge in [0.25, 0.3) is 0 Å². The van der Waals surface area contributed by atoms with E-state index in [1.807, 2.05) is 22.9 Å². The third-order valence-electron chi connectivity index (χ3n) is 2.69. The van der Waals surface area contributed by atoms with Gasteiger partial charge in [0.2, 0.25) is 6.29 Å². The van der Waals surface area contributed by atoms with Crippen LogP contribution in [0.5, 0.6) is 0 Å². The number of hydrogen-bond acceptors (Lipinski definition) is 4. The van der Waals surface area contributed by atoms with Crippen molar-refractivity contribution in [2.45, 2.75) is 12.8 Å². The molecule has 5 nitrogen and oxygen atoms in total. The molecule has 1 aliphatic rings. The second-order valence-corrected chi connectivity index (χ2v) is 3.88. The number of benzene rings is 1. The molecule has 0 saturated carbocycles. The first-order valence-corrected chi connectivity index (χ1v) is 5.59. The highest BCUT2D eigenvalue weighted by molar-refractivity contribution is 5.15. The van der Waals surface area contributed by atoms with Crippen LogP contribution in [0.3, 0.4) is 0 Å². The summed E-state index contributed by atoms with van der Waals surface area (Å²) in [5, 5.41) is 7.98. The zero-order valence-corrected chi connectivity index (χ0v) is 9.32. The normalized spacial score (nSPS) is 16.5. The van der Waals surface area contributed by atoms with E-state index in [1.165, 1.54) is 5.56 Å². The topological polar surface area (TPSA) is 49.2 Å². The molecule has 0 unspecified atom stereocenters. The molecule has 1 saturated heterocycles. The van der Waals surface area contributed by atoms with Gasteiger partial charge < -0.3 is 9.47 Å². The molecule has 1 aromatic heterocycles. The zero-order valence-electron chi connectivity index (χ0n) is 9.32. The van der Waals surface area contributed by atoms with Crippen molar-refractivity contribution < 1.29 is 9.47 Å². The van der Waals surface area contributed by atoms with Crippen molar-refractivity contribution in [3.05, 3.63) is 47.8 Å². The van der Waals surface area contributed by atoms with Crippen LogP contribution in [0.2, 0.25) is 0 Å². The lowest BCUT2D eigenvalue weighted by Crippen LogP contribution is -2.10. The summed E-state index contributed by atoms with van der Waals surface area (Å²) in [4.78, 5) is 0. The molecule has 0 aliphatic carbocycles. The fourth-order valence-electron chi connectivity index (χ4n) is 1.86. The van der Waals surface area contributed by atoms with E-state index in [0.717, 1.165) is 5.69 Å². The van der Waals surface area contributed by atoms with Gasteiger partial charge in [0.15, 0.2) is 0 Å². The van der Waals surface area contributed by atoms with Crippen LogP contribution in [0.1, 0.15) is 17.5 Å². The summed E-state index contributed by atoms with van der Waals surface area (Å²) >= 11 is 0. The lowest BCUT2D eigenvalue weighted by molar-refractivity contribution is -0.0501. The molecule has 0 radical (unpaired) electrons. The number of rotatable bonds is 3. The Morgan fingerprint density at radius 2 is 1.94 bits per heavy atom. The van der Waals surface area contributed by atoms with E-state index < -0.39 is 0 Å². The second kappa shape index (κ2) is 4.65. The minimum atomic E-state index is -0.325. The van der Waals surface area contributed by atoms with Crippen molar-refractivity contribution in [3.8, 4) is 0 Å². The molecule has 17 heavy (non-hydrogen) atoms. The molecule has 1 fully saturated rings. The summed E-state index contributed by atoms with van der Waals surface area (Å²) in [7, 11) is 0. The van der Waals surface area contributed by atoms with Crippen molar-refractivity contribution in [2.75, 3.05) is 13.2 Å². The Morgan fingerprint density at radius 1 is 1.18 bits per heavy atom. The molecular weight excluding hydrogens is 218 g/mol. The van der Waals surface area contributed by atoms with E-state index in [0.29, 0.717) is 19.8 Å². The Bertz CT molecular complexity index is 478. The van der Waals surface area contributed by atoms with Crippen molar-refractivity contribution in [1.82, 2.24) is 15.0 Å². The summed E-state index contributed by atoms with van der Waals surface area (Å²) in [6, 6.07) is 10.1. The fourth-order valence-corrected chi connectivity index (χ4v) is 1.86. The summed E-state index contributed by atoms with van der Waals surface area (Å²) in [6.45, 7) is 1.93. The van der Waals surface area contributed by atoms with E-state index >= 15 is 0 Å². The lowest BCUT2D eigenvalue weighted by Gasteiger charge is -2.10. The Morgan fingerprint density at radius 3 is 2.71 bits per heavy atom. The predicted octanol–water partition coefficient (Wildman–Crippen LogP) is 1.37. The molecular formula is C12H13N3O2. The van der Waals surface area contributed by atoms with Crippen LogP contribution in [0.4, 0.5) is 0 Å². The van der Waals surface area contributed by atoms with Gasteiger partial charge in [-0.05, 0) is 5.56 Å². The molecule has 0 N–H and O–H groups in total. The molecule has 3 rings (SSSR count). The maximum Gasteiger partial charge on any atom is 0.202 e. The molecule has 88 valence electrons. The van der Waals surface area contributed by atoms with Gasteiger partial charge in [-0.2, -0.15) is 0 Å². The molecule has 2 aromatic rings. The Labute approximate surface area is 99.0 Å². The van der Waals surface area contributed by atoms with Crippen LogP contribution >= 0.6 is 0 Å². The molecule has 0 atom stereocenters. The SMILES string of the molecule is c1ccc(Cn2nncc2C2OCCO2)cc1. The van der Waals surface area contributed by atoms with Crippen LogP contribution in [0, 0.1) is 0 Å². The minimum absolute atomic E-state index is 0.325. The zero-order chi connectivity index (χ0) is 11.5. The van der Waals surface area contributed by atoms with Gasteiger partial charge in [0, 0.05) is 0 Å². The number of nitrogens with zero attached hydrogens (tertiary/aromatic N) is 3. The Kier molecular flexibility index (Phi) is 2.85. The number of aromatic nitrogens is 3. The van der Waals surface area contributed by atoms with E-state index in [4.69, 9.17) is 9.47 Å². The highest BCUT2D eigenvalue weighted by Gasteiger charge is 2.22.